The predicted octanol–water partition coefficient (Wildman–Crippen LogP) is 4.98. The Morgan fingerprint density at radius 1 is 0.925 bits per heavy atom. The lowest BCUT2D eigenvalue weighted by Crippen LogP contribution is -2.40. The molecule has 0 atom stereocenters. The molecule has 208 valence electrons. The van der Waals surface area contributed by atoms with Gasteiger partial charge >= 0.3 is 0 Å². The number of morpholine rings is 1. The predicted molar refractivity (Wildman–Crippen MR) is 160 cm³/mol. The van der Waals surface area contributed by atoms with E-state index in [4.69, 9.17) is 4.74 Å². The minimum absolute atomic E-state index is 0.165. The molecular weight excluding hydrogens is 524 g/mol. The number of ether oxygens (including phenoxy) is 1. The summed E-state index contributed by atoms with van der Waals surface area (Å²) in [7, 11) is 0. The fourth-order valence-corrected chi connectivity index (χ4v) is 6.23. The Hall–Kier alpha value is -3.89. The van der Waals surface area contributed by atoms with Gasteiger partial charge in [-0.3, -0.25) is 14.7 Å². The number of rotatable bonds is 7. The Bertz CT molecular complexity index is 1510. The fourth-order valence-electron chi connectivity index (χ4n) is 5.33. The number of carbonyl (C=O) groups excluding carboxylic acids is 2. The molecule has 3 N–H and O–H groups in total. The van der Waals surface area contributed by atoms with E-state index in [0.717, 1.165) is 42.3 Å². The van der Waals surface area contributed by atoms with Crippen molar-refractivity contribution < 1.29 is 14.3 Å². The molecule has 6 rings (SSSR count). The largest absolute Gasteiger partial charge is 0.378 e. The SMILES string of the molecule is CC(C)(NC(=O)c1cc2c(NC(=O)c3ccc(N4CCOCC4)cc3)n[nH]c2s1)c1cccc(N2CCCC2)c1. The molecule has 9 nitrogen and oxygen atoms in total. The second-order valence-electron chi connectivity index (χ2n) is 10.8. The Kier molecular flexibility index (Phi) is 7.20. The molecule has 2 aliphatic rings. The highest BCUT2D eigenvalue weighted by atomic mass is 32.1. The van der Waals surface area contributed by atoms with Crippen LogP contribution in [0.4, 0.5) is 17.2 Å². The maximum Gasteiger partial charge on any atom is 0.262 e. The third-order valence-corrected chi connectivity index (χ3v) is 8.72. The van der Waals surface area contributed by atoms with E-state index in [-0.39, 0.29) is 11.8 Å². The average molecular weight is 559 g/mol. The number of hydrogen-bond acceptors (Lipinski definition) is 7. The van der Waals surface area contributed by atoms with Crippen molar-refractivity contribution in [2.24, 2.45) is 0 Å². The van der Waals surface area contributed by atoms with Crippen LogP contribution in [-0.2, 0) is 10.3 Å². The van der Waals surface area contributed by atoms with Crippen molar-refractivity contribution in [3.05, 3.63) is 70.6 Å². The third kappa shape index (κ3) is 5.41. The first kappa shape index (κ1) is 26.3. The van der Waals surface area contributed by atoms with Gasteiger partial charge in [0.1, 0.15) is 4.83 Å². The van der Waals surface area contributed by atoms with Gasteiger partial charge in [-0.15, -0.1) is 11.3 Å². The number of H-pyrrole nitrogens is 1. The van der Waals surface area contributed by atoms with E-state index in [1.54, 1.807) is 6.07 Å². The first-order chi connectivity index (χ1) is 19.4. The number of fused-ring (bicyclic) bond motifs is 1. The van der Waals surface area contributed by atoms with E-state index in [2.05, 4.69) is 54.9 Å². The van der Waals surface area contributed by atoms with Gasteiger partial charge in [0.05, 0.1) is 29.0 Å². The molecule has 0 aliphatic carbocycles. The molecule has 10 heteroatoms. The monoisotopic (exact) mass is 558 g/mol. The second kappa shape index (κ2) is 10.9. The van der Waals surface area contributed by atoms with Crippen molar-refractivity contribution in [2.75, 3.05) is 54.5 Å². The minimum atomic E-state index is -0.562. The maximum atomic E-state index is 13.3. The number of thiophene rings is 1. The highest BCUT2D eigenvalue weighted by molar-refractivity contribution is 7.20. The normalized spacial score (nSPS) is 15.9. The van der Waals surface area contributed by atoms with Gasteiger partial charge in [0.15, 0.2) is 5.82 Å². The number of nitrogens with one attached hydrogen (secondary N) is 3. The molecule has 2 aliphatic heterocycles. The summed E-state index contributed by atoms with van der Waals surface area (Å²) < 4.78 is 5.42. The third-order valence-electron chi connectivity index (χ3n) is 7.68. The molecule has 2 saturated heterocycles. The van der Waals surface area contributed by atoms with Crippen LogP contribution >= 0.6 is 11.3 Å². The van der Waals surface area contributed by atoms with Gasteiger partial charge in [0.25, 0.3) is 11.8 Å². The zero-order valence-electron chi connectivity index (χ0n) is 22.8. The van der Waals surface area contributed by atoms with Crippen LogP contribution in [0.25, 0.3) is 10.2 Å². The molecule has 0 saturated carbocycles. The van der Waals surface area contributed by atoms with Crippen LogP contribution in [0, 0.1) is 0 Å². The molecule has 2 aromatic heterocycles. The molecule has 2 amide bonds. The van der Waals surface area contributed by atoms with E-state index >= 15 is 0 Å². The minimum Gasteiger partial charge on any atom is -0.378 e. The molecule has 2 aromatic carbocycles. The van der Waals surface area contributed by atoms with E-state index in [0.29, 0.717) is 34.9 Å². The number of anilines is 3. The van der Waals surface area contributed by atoms with Crippen LogP contribution in [0.3, 0.4) is 0 Å². The van der Waals surface area contributed by atoms with E-state index in [9.17, 15) is 9.59 Å². The summed E-state index contributed by atoms with van der Waals surface area (Å²) in [6.45, 7) is 9.29. The fraction of sp³-hybridized carbons (Fsp3) is 0.367. The van der Waals surface area contributed by atoms with Gasteiger partial charge in [-0.25, -0.2) is 0 Å². The number of hydrogen-bond donors (Lipinski definition) is 3. The summed E-state index contributed by atoms with van der Waals surface area (Å²) in [5, 5.41) is 14.0. The molecule has 0 unspecified atom stereocenters. The first-order valence-electron chi connectivity index (χ1n) is 13.8. The molecule has 2 fully saturated rings. The molecule has 0 bridgehead atoms. The lowest BCUT2D eigenvalue weighted by Gasteiger charge is -2.28. The summed E-state index contributed by atoms with van der Waals surface area (Å²) in [6, 6.07) is 17.8. The number of nitrogens with zero attached hydrogens (tertiary/aromatic N) is 3. The Labute approximate surface area is 237 Å². The summed E-state index contributed by atoms with van der Waals surface area (Å²) in [5.41, 5.74) is 3.30. The summed E-state index contributed by atoms with van der Waals surface area (Å²) in [6.07, 6.45) is 2.43. The van der Waals surface area contributed by atoms with Crippen molar-refractivity contribution in [1.82, 2.24) is 15.5 Å². The maximum absolute atomic E-state index is 13.3. The van der Waals surface area contributed by atoms with Gasteiger partial charge in [0, 0.05) is 43.1 Å². The highest BCUT2D eigenvalue weighted by Crippen LogP contribution is 2.32. The topological polar surface area (TPSA) is 103 Å². The van der Waals surface area contributed by atoms with Crippen molar-refractivity contribution in [3.8, 4) is 0 Å². The standard InChI is InChI=1S/C30H34N6O3S/c1-30(2,21-6-5-7-23(18-21)35-12-3-4-13-35)32-28(38)25-19-24-26(33-34-29(24)40-25)31-27(37)20-8-10-22(11-9-20)36-14-16-39-17-15-36/h5-11,18-19H,3-4,12-17H2,1-2H3,(H,32,38)(H2,31,33,34,37). The number of carbonyl (C=O) groups is 2. The summed E-state index contributed by atoms with van der Waals surface area (Å²) >= 11 is 1.32. The smallest absolute Gasteiger partial charge is 0.262 e. The van der Waals surface area contributed by atoms with Crippen LogP contribution < -0.4 is 20.4 Å². The van der Waals surface area contributed by atoms with Gasteiger partial charge in [-0.1, -0.05) is 12.1 Å². The molecule has 0 radical (unpaired) electrons. The Morgan fingerprint density at radius 2 is 1.65 bits per heavy atom. The van der Waals surface area contributed by atoms with Crippen molar-refractivity contribution in [3.63, 3.8) is 0 Å². The molecule has 40 heavy (non-hydrogen) atoms. The van der Waals surface area contributed by atoms with Crippen LogP contribution in [0.5, 0.6) is 0 Å². The molecule has 0 spiro atoms. The molecular formula is C30H34N6O3S. The molecule has 4 heterocycles. The van der Waals surface area contributed by atoms with Crippen molar-refractivity contribution in [2.45, 2.75) is 32.2 Å². The van der Waals surface area contributed by atoms with Gasteiger partial charge in [-0.05, 0) is 74.7 Å². The van der Waals surface area contributed by atoms with Crippen molar-refractivity contribution >= 4 is 50.6 Å². The lowest BCUT2D eigenvalue weighted by atomic mass is 9.93. The van der Waals surface area contributed by atoms with Gasteiger partial charge in [0.2, 0.25) is 0 Å². The van der Waals surface area contributed by atoms with Crippen LogP contribution in [0.2, 0.25) is 0 Å². The number of aromatic amines is 1. The van der Waals surface area contributed by atoms with E-state index in [1.165, 1.54) is 29.9 Å². The van der Waals surface area contributed by atoms with Gasteiger partial charge < -0.3 is 25.2 Å². The number of aromatic nitrogens is 2. The Morgan fingerprint density at radius 3 is 2.40 bits per heavy atom. The van der Waals surface area contributed by atoms with Crippen molar-refractivity contribution in [1.29, 1.82) is 0 Å². The quantitative estimate of drug-likeness (QED) is 0.296. The number of benzene rings is 2. The highest BCUT2D eigenvalue weighted by Gasteiger charge is 2.26. The Balaban J connectivity index is 1.13. The summed E-state index contributed by atoms with van der Waals surface area (Å²) in [5.74, 6) is -0.00886. The number of amides is 2. The zero-order valence-corrected chi connectivity index (χ0v) is 23.6. The summed E-state index contributed by atoms with van der Waals surface area (Å²) in [4.78, 5) is 32.2. The van der Waals surface area contributed by atoms with E-state index in [1.807, 2.05) is 38.1 Å². The van der Waals surface area contributed by atoms with Crippen LogP contribution in [-0.4, -0.2) is 61.4 Å². The lowest BCUT2D eigenvalue weighted by molar-refractivity contribution is 0.0915. The van der Waals surface area contributed by atoms with Crippen LogP contribution in [0.15, 0.2) is 54.6 Å². The van der Waals surface area contributed by atoms with E-state index < -0.39 is 5.54 Å². The zero-order chi connectivity index (χ0) is 27.7. The van der Waals surface area contributed by atoms with Crippen LogP contribution in [0.1, 0.15) is 52.3 Å². The molecule has 4 aromatic rings. The average Bonchev–Trinajstić information content (AvgIpc) is 3.73. The second-order valence-corrected chi connectivity index (χ2v) is 11.9. The van der Waals surface area contributed by atoms with Gasteiger partial charge in [-0.2, -0.15) is 5.10 Å². The first-order valence-corrected chi connectivity index (χ1v) is 14.6.